The van der Waals surface area contributed by atoms with E-state index in [1.807, 2.05) is 0 Å². The zero-order valence-electron chi connectivity index (χ0n) is 12.8. The molecule has 0 saturated carbocycles. The maximum atomic E-state index is 3.73. The SMILES string of the molecule is CC(C)c1ccc(NC2CCCNC2)c(C(C)C)c1. The quantitative estimate of drug-likeness (QED) is 0.851. The molecule has 0 amide bonds. The molecular weight excluding hydrogens is 232 g/mol. The summed E-state index contributed by atoms with van der Waals surface area (Å²) in [5.74, 6) is 1.17. The molecule has 0 aromatic heterocycles. The average molecular weight is 260 g/mol. The number of anilines is 1. The monoisotopic (exact) mass is 260 g/mol. The van der Waals surface area contributed by atoms with E-state index in [9.17, 15) is 0 Å². The van der Waals surface area contributed by atoms with Crippen molar-refractivity contribution in [2.75, 3.05) is 18.4 Å². The van der Waals surface area contributed by atoms with E-state index in [0.29, 0.717) is 17.9 Å². The van der Waals surface area contributed by atoms with Crippen LogP contribution in [0.5, 0.6) is 0 Å². The van der Waals surface area contributed by atoms with E-state index in [-0.39, 0.29) is 0 Å². The van der Waals surface area contributed by atoms with E-state index in [4.69, 9.17) is 0 Å². The van der Waals surface area contributed by atoms with Crippen LogP contribution in [0.2, 0.25) is 0 Å². The molecule has 2 N–H and O–H groups in total. The highest BCUT2D eigenvalue weighted by atomic mass is 15.0. The maximum Gasteiger partial charge on any atom is 0.0386 e. The number of hydrogen-bond acceptors (Lipinski definition) is 2. The highest BCUT2D eigenvalue weighted by Crippen LogP contribution is 2.29. The molecule has 0 aliphatic carbocycles. The van der Waals surface area contributed by atoms with Crippen LogP contribution in [0.3, 0.4) is 0 Å². The first-order valence-electron chi connectivity index (χ1n) is 7.69. The lowest BCUT2D eigenvalue weighted by Gasteiger charge is -2.27. The van der Waals surface area contributed by atoms with Crippen molar-refractivity contribution in [1.29, 1.82) is 0 Å². The van der Waals surface area contributed by atoms with Gasteiger partial charge in [0.05, 0.1) is 0 Å². The van der Waals surface area contributed by atoms with Gasteiger partial charge in [-0.2, -0.15) is 0 Å². The lowest BCUT2D eigenvalue weighted by atomic mass is 9.93. The van der Waals surface area contributed by atoms with Gasteiger partial charge in [-0.25, -0.2) is 0 Å². The molecule has 106 valence electrons. The van der Waals surface area contributed by atoms with Crippen LogP contribution in [-0.2, 0) is 0 Å². The zero-order chi connectivity index (χ0) is 13.8. The Morgan fingerprint density at radius 2 is 1.95 bits per heavy atom. The van der Waals surface area contributed by atoms with Crippen LogP contribution in [0.15, 0.2) is 18.2 Å². The number of rotatable bonds is 4. The molecule has 2 heteroatoms. The summed E-state index contributed by atoms with van der Waals surface area (Å²) < 4.78 is 0. The van der Waals surface area contributed by atoms with E-state index in [0.717, 1.165) is 6.54 Å². The fraction of sp³-hybridized carbons (Fsp3) is 0.647. The van der Waals surface area contributed by atoms with Crippen LogP contribution in [0.4, 0.5) is 5.69 Å². The summed E-state index contributed by atoms with van der Waals surface area (Å²) in [6.45, 7) is 11.3. The van der Waals surface area contributed by atoms with Crippen molar-refractivity contribution in [3.63, 3.8) is 0 Å². The number of nitrogens with one attached hydrogen (secondary N) is 2. The minimum Gasteiger partial charge on any atom is -0.381 e. The predicted molar refractivity (Wildman–Crippen MR) is 84.1 cm³/mol. The predicted octanol–water partition coefficient (Wildman–Crippen LogP) is 4.10. The summed E-state index contributed by atoms with van der Waals surface area (Å²) in [5, 5.41) is 7.21. The fourth-order valence-electron chi connectivity index (χ4n) is 2.74. The van der Waals surface area contributed by atoms with Gasteiger partial charge in [0.2, 0.25) is 0 Å². The molecule has 0 spiro atoms. The van der Waals surface area contributed by atoms with Crippen molar-refractivity contribution < 1.29 is 0 Å². The second-order valence-corrected chi connectivity index (χ2v) is 6.34. The van der Waals surface area contributed by atoms with Crippen molar-refractivity contribution in [2.45, 2.75) is 58.4 Å². The van der Waals surface area contributed by atoms with Gasteiger partial charge >= 0.3 is 0 Å². The van der Waals surface area contributed by atoms with Crippen molar-refractivity contribution in [3.8, 4) is 0 Å². The minimum absolute atomic E-state index is 0.567. The molecule has 0 radical (unpaired) electrons. The summed E-state index contributed by atoms with van der Waals surface area (Å²) >= 11 is 0. The topological polar surface area (TPSA) is 24.1 Å². The van der Waals surface area contributed by atoms with Crippen LogP contribution in [0.1, 0.15) is 63.5 Å². The second-order valence-electron chi connectivity index (χ2n) is 6.34. The van der Waals surface area contributed by atoms with Crippen LogP contribution < -0.4 is 10.6 Å². The van der Waals surface area contributed by atoms with Crippen molar-refractivity contribution in [2.24, 2.45) is 0 Å². The molecule has 1 heterocycles. The van der Waals surface area contributed by atoms with Crippen molar-refractivity contribution in [3.05, 3.63) is 29.3 Å². The number of hydrogen-bond donors (Lipinski definition) is 2. The van der Waals surface area contributed by atoms with Gasteiger partial charge in [0.25, 0.3) is 0 Å². The van der Waals surface area contributed by atoms with E-state index in [2.05, 4.69) is 56.5 Å². The first-order chi connectivity index (χ1) is 9.08. The molecule has 0 bridgehead atoms. The summed E-state index contributed by atoms with van der Waals surface area (Å²) in [5.41, 5.74) is 4.22. The lowest BCUT2D eigenvalue weighted by molar-refractivity contribution is 0.479. The maximum absolute atomic E-state index is 3.73. The van der Waals surface area contributed by atoms with E-state index < -0.39 is 0 Å². The van der Waals surface area contributed by atoms with Gasteiger partial charge in [-0.05, 0) is 48.4 Å². The Hall–Kier alpha value is -1.02. The van der Waals surface area contributed by atoms with E-state index in [1.165, 1.54) is 36.2 Å². The fourth-order valence-corrected chi connectivity index (χ4v) is 2.74. The van der Waals surface area contributed by atoms with E-state index in [1.54, 1.807) is 0 Å². The number of benzene rings is 1. The van der Waals surface area contributed by atoms with Crippen LogP contribution in [-0.4, -0.2) is 19.1 Å². The average Bonchev–Trinajstić information content (AvgIpc) is 2.39. The Morgan fingerprint density at radius 1 is 1.16 bits per heavy atom. The Kier molecular flexibility index (Phi) is 4.87. The molecule has 1 aromatic carbocycles. The van der Waals surface area contributed by atoms with Crippen LogP contribution >= 0.6 is 0 Å². The standard InChI is InChI=1S/C17H28N2/c1-12(2)14-7-8-17(16(10-14)13(3)4)19-15-6-5-9-18-11-15/h7-8,10,12-13,15,18-19H,5-6,9,11H2,1-4H3. The largest absolute Gasteiger partial charge is 0.381 e. The minimum atomic E-state index is 0.567. The lowest BCUT2D eigenvalue weighted by Crippen LogP contribution is -2.38. The molecule has 1 saturated heterocycles. The smallest absolute Gasteiger partial charge is 0.0386 e. The third-order valence-corrected chi connectivity index (χ3v) is 4.02. The number of piperidine rings is 1. The zero-order valence-corrected chi connectivity index (χ0v) is 12.8. The molecule has 2 rings (SSSR count). The Labute approximate surface area is 118 Å². The normalized spacial score (nSPS) is 20.0. The summed E-state index contributed by atoms with van der Waals surface area (Å²) in [7, 11) is 0. The third kappa shape index (κ3) is 3.73. The van der Waals surface area contributed by atoms with Crippen molar-refractivity contribution in [1.82, 2.24) is 5.32 Å². The van der Waals surface area contributed by atoms with Gasteiger partial charge < -0.3 is 10.6 Å². The second kappa shape index (κ2) is 6.42. The summed E-state index contributed by atoms with van der Waals surface area (Å²) in [4.78, 5) is 0. The van der Waals surface area contributed by atoms with Crippen LogP contribution in [0, 0.1) is 0 Å². The van der Waals surface area contributed by atoms with E-state index >= 15 is 0 Å². The molecule has 1 aromatic rings. The molecular formula is C17H28N2. The molecule has 1 aliphatic rings. The summed E-state index contributed by atoms with van der Waals surface area (Å²) in [6.07, 6.45) is 2.55. The summed E-state index contributed by atoms with van der Waals surface area (Å²) in [6, 6.07) is 7.51. The van der Waals surface area contributed by atoms with Crippen molar-refractivity contribution >= 4 is 5.69 Å². The molecule has 1 aliphatic heterocycles. The molecule has 2 nitrogen and oxygen atoms in total. The molecule has 1 atom stereocenters. The Balaban J connectivity index is 2.18. The highest BCUT2D eigenvalue weighted by molar-refractivity contribution is 5.55. The van der Waals surface area contributed by atoms with Gasteiger partial charge in [0.1, 0.15) is 0 Å². The molecule has 19 heavy (non-hydrogen) atoms. The first-order valence-corrected chi connectivity index (χ1v) is 7.69. The molecule has 1 fully saturated rings. The van der Waals surface area contributed by atoms with Crippen LogP contribution in [0.25, 0.3) is 0 Å². The van der Waals surface area contributed by atoms with Gasteiger partial charge in [0, 0.05) is 18.3 Å². The van der Waals surface area contributed by atoms with Gasteiger partial charge in [-0.3, -0.25) is 0 Å². The van der Waals surface area contributed by atoms with Gasteiger partial charge in [0.15, 0.2) is 0 Å². The van der Waals surface area contributed by atoms with Gasteiger partial charge in [-0.1, -0.05) is 39.8 Å². The highest BCUT2D eigenvalue weighted by Gasteiger charge is 2.15. The molecule has 1 unspecified atom stereocenters. The van der Waals surface area contributed by atoms with Gasteiger partial charge in [-0.15, -0.1) is 0 Å². The Morgan fingerprint density at radius 3 is 2.53 bits per heavy atom. The first kappa shape index (κ1) is 14.4. The third-order valence-electron chi connectivity index (χ3n) is 4.02. The Bertz CT molecular complexity index is 404.